The van der Waals surface area contributed by atoms with Gasteiger partial charge < -0.3 is 11.5 Å². The molecule has 0 amide bonds. The first-order valence-corrected chi connectivity index (χ1v) is 8.64. The SMILES string of the molecule is CC(N)c1cccc2ccccc12.CCCCCCCCN. The van der Waals surface area contributed by atoms with Crippen molar-refractivity contribution in [2.75, 3.05) is 6.54 Å². The molecule has 122 valence electrons. The maximum Gasteiger partial charge on any atom is 0.0272 e. The van der Waals surface area contributed by atoms with E-state index < -0.39 is 0 Å². The standard InChI is InChI=1S/C12H13N.C8H19N/c1-9(13)11-8-4-6-10-5-2-3-7-12(10)11;1-2-3-4-5-6-7-8-9/h2-9H,13H2,1H3;2-9H2,1H3. The Bertz CT molecular complexity index is 509. The summed E-state index contributed by atoms with van der Waals surface area (Å²) >= 11 is 0. The molecule has 1 atom stereocenters. The van der Waals surface area contributed by atoms with E-state index in [1.165, 1.54) is 54.9 Å². The van der Waals surface area contributed by atoms with Crippen molar-refractivity contribution in [2.24, 2.45) is 11.5 Å². The van der Waals surface area contributed by atoms with Crippen LogP contribution in [0, 0.1) is 0 Å². The van der Waals surface area contributed by atoms with Gasteiger partial charge in [-0.15, -0.1) is 0 Å². The third-order valence-corrected chi connectivity index (χ3v) is 3.87. The monoisotopic (exact) mass is 300 g/mol. The van der Waals surface area contributed by atoms with Gasteiger partial charge in [-0.3, -0.25) is 0 Å². The predicted molar refractivity (Wildman–Crippen MR) is 99.0 cm³/mol. The van der Waals surface area contributed by atoms with E-state index in [4.69, 9.17) is 11.5 Å². The van der Waals surface area contributed by atoms with Crippen molar-refractivity contribution in [1.29, 1.82) is 0 Å². The first-order chi connectivity index (χ1) is 10.7. The van der Waals surface area contributed by atoms with Crippen LogP contribution in [0.2, 0.25) is 0 Å². The normalized spacial score (nSPS) is 11.8. The van der Waals surface area contributed by atoms with Crippen LogP contribution in [-0.2, 0) is 0 Å². The molecule has 0 fully saturated rings. The smallest absolute Gasteiger partial charge is 0.0272 e. The van der Waals surface area contributed by atoms with Crippen LogP contribution < -0.4 is 11.5 Å². The number of fused-ring (bicyclic) bond motifs is 1. The average Bonchev–Trinajstić information content (AvgIpc) is 2.55. The molecular formula is C20H32N2. The fraction of sp³-hybridized carbons (Fsp3) is 0.500. The van der Waals surface area contributed by atoms with Gasteiger partial charge in [-0.05, 0) is 36.2 Å². The van der Waals surface area contributed by atoms with Crippen LogP contribution in [0.15, 0.2) is 42.5 Å². The van der Waals surface area contributed by atoms with Crippen LogP contribution in [0.25, 0.3) is 10.8 Å². The second kappa shape index (κ2) is 11.2. The zero-order valence-corrected chi connectivity index (χ0v) is 14.2. The lowest BCUT2D eigenvalue weighted by molar-refractivity contribution is 0.612. The van der Waals surface area contributed by atoms with E-state index in [9.17, 15) is 0 Å². The van der Waals surface area contributed by atoms with Crippen molar-refractivity contribution >= 4 is 10.8 Å². The quantitative estimate of drug-likeness (QED) is 0.693. The number of benzene rings is 2. The lowest BCUT2D eigenvalue weighted by Gasteiger charge is -2.09. The summed E-state index contributed by atoms with van der Waals surface area (Å²) < 4.78 is 0. The fourth-order valence-corrected chi connectivity index (χ4v) is 2.57. The maximum atomic E-state index is 5.88. The van der Waals surface area contributed by atoms with Crippen molar-refractivity contribution in [3.8, 4) is 0 Å². The van der Waals surface area contributed by atoms with Gasteiger partial charge in [0.1, 0.15) is 0 Å². The van der Waals surface area contributed by atoms with Gasteiger partial charge in [-0.1, -0.05) is 81.5 Å². The summed E-state index contributed by atoms with van der Waals surface area (Å²) in [6.45, 7) is 5.12. The number of unbranched alkanes of at least 4 members (excludes halogenated alkanes) is 5. The van der Waals surface area contributed by atoms with E-state index in [2.05, 4.69) is 37.3 Å². The van der Waals surface area contributed by atoms with Crippen molar-refractivity contribution in [3.05, 3.63) is 48.0 Å². The van der Waals surface area contributed by atoms with Crippen molar-refractivity contribution in [2.45, 2.75) is 58.4 Å². The first-order valence-electron chi connectivity index (χ1n) is 8.64. The molecule has 0 saturated heterocycles. The molecule has 22 heavy (non-hydrogen) atoms. The number of hydrogen-bond acceptors (Lipinski definition) is 2. The Morgan fingerprint density at radius 2 is 1.50 bits per heavy atom. The first kappa shape index (κ1) is 18.7. The molecule has 2 aromatic carbocycles. The Balaban J connectivity index is 0.000000239. The van der Waals surface area contributed by atoms with Gasteiger partial charge in [0.2, 0.25) is 0 Å². The van der Waals surface area contributed by atoms with Gasteiger partial charge >= 0.3 is 0 Å². The van der Waals surface area contributed by atoms with E-state index in [0.29, 0.717) is 0 Å². The van der Waals surface area contributed by atoms with E-state index in [1.54, 1.807) is 0 Å². The van der Waals surface area contributed by atoms with E-state index in [0.717, 1.165) is 6.54 Å². The van der Waals surface area contributed by atoms with Crippen LogP contribution in [0.3, 0.4) is 0 Å². The van der Waals surface area contributed by atoms with Gasteiger partial charge in [0.05, 0.1) is 0 Å². The van der Waals surface area contributed by atoms with Crippen molar-refractivity contribution in [3.63, 3.8) is 0 Å². The zero-order chi connectivity index (χ0) is 16.2. The van der Waals surface area contributed by atoms with E-state index >= 15 is 0 Å². The van der Waals surface area contributed by atoms with Crippen LogP contribution in [-0.4, -0.2) is 6.54 Å². The third-order valence-electron chi connectivity index (χ3n) is 3.87. The lowest BCUT2D eigenvalue weighted by atomic mass is 10.0. The predicted octanol–water partition coefficient (Wildman–Crippen LogP) is 5.17. The highest BCUT2D eigenvalue weighted by Crippen LogP contribution is 2.22. The minimum Gasteiger partial charge on any atom is -0.330 e. The molecule has 0 aliphatic heterocycles. The molecule has 0 heterocycles. The topological polar surface area (TPSA) is 52.0 Å². The Labute approximate surface area is 135 Å². The largest absolute Gasteiger partial charge is 0.330 e. The van der Waals surface area contributed by atoms with Gasteiger partial charge in [-0.2, -0.15) is 0 Å². The Morgan fingerprint density at radius 3 is 2.18 bits per heavy atom. The molecule has 2 heteroatoms. The van der Waals surface area contributed by atoms with Gasteiger partial charge in [0.25, 0.3) is 0 Å². The van der Waals surface area contributed by atoms with Crippen LogP contribution in [0.1, 0.15) is 64.0 Å². The van der Waals surface area contributed by atoms with Gasteiger partial charge in [0, 0.05) is 6.04 Å². The summed E-state index contributed by atoms with van der Waals surface area (Å²) in [5.74, 6) is 0. The van der Waals surface area contributed by atoms with Crippen LogP contribution in [0.4, 0.5) is 0 Å². The molecular weight excluding hydrogens is 268 g/mol. The van der Waals surface area contributed by atoms with Gasteiger partial charge in [0.15, 0.2) is 0 Å². The van der Waals surface area contributed by atoms with Gasteiger partial charge in [-0.25, -0.2) is 0 Å². The molecule has 0 bridgehead atoms. The summed E-state index contributed by atoms with van der Waals surface area (Å²) in [7, 11) is 0. The second-order valence-electron chi connectivity index (χ2n) is 5.91. The molecule has 0 radical (unpaired) electrons. The average molecular weight is 300 g/mol. The minimum absolute atomic E-state index is 0.103. The number of nitrogens with two attached hydrogens (primary N) is 2. The zero-order valence-electron chi connectivity index (χ0n) is 14.2. The molecule has 0 spiro atoms. The molecule has 0 aliphatic rings. The second-order valence-corrected chi connectivity index (χ2v) is 5.91. The van der Waals surface area contributed by atoms with Crippen molar-refractivity contribution in [1.82, 2.24) is 0 Å². The third kappa shape index (κ3) is 6.59. The van der Waals surface area contributed by atoms with Crippen LogP contribution in [0.5, 0.6) is 0 Å². The lowest BCUT2D eigenvalue weighted by Crippen LogP contribution is -2.05. The molecule has 0 aliphatic carbocycles. The fourth-order valence-electron chi connectivity index (χ4n) is 2.57. The number of rotatable bonds is 7. The highest BCUT2D eigenvalue weighted by atomic mass is 14.6. The maximum absolute atomic E-state index is 5.88. The summed E-state index contributed by atoms with van der Waals surface area (Å²) in [4.78, 5) is 0. The van der Waals surface area contributed by atoms with E-state index in [-0.39, 0.29) is 6.04 Å². The molecule has 2 aromatic rings. The van der Waals surface area contributed by atoms with Crippen LogP contribution >= 0.6 is 0 Å². The highest BCUT2D eigenvalue weighted by molar-refractivity contribution is 5.85. The summed E-state index contributed by atoms with van der Waals surface area (Å²) in [5, 5.41) is 2.53. The molecule has 1 unspecified atom stereocenters. The Morgan fingerprint density at radius 1 is 0.864 bits per heavy atom. The highest BCUT2D eigenvalue weighted by Gasteiger charge is 2.02. The van der Waals surface area contributed by atoms with Crippen molar-refractivity contribution < 1.29 is 0 Å². The summed E-state index contributed by atoms with van der Waals surface area (Å²) in [5.41, 5.74) is 12.4. The minimum atomic E-state index is 0.103. The molecule has 2 nitrogen and oxygen atoms in total. The van der Waals surface area contributed by atoms with E-state index in [1.807, 2.05) is 19.1 Å². The Kier molecular flexibility index (Phi) is 9.52. The molecule has 4 N–H and O–H groups in total. The Hall–Kier alpha value is -1.38. The number of hydrogen-bond donors (Lipinski definition) is 2. The molecule has 0 aromatic heterocycles. The summed E-state index contributed by atoms with van der Waals surface area (Å²) in [6.07, 6.45) is 8.05. The molecule has 0 saturated carbocycles. The summed E-state index contributed by atoms with van der Waals surface area (Å²) in [6, 6.07) is 14.7. The molecule has 2 rings (SSSR count).